The van der Waals surface area contributed by atoms with Crippen molar-refractivity contribution < 1.29 is 9.59 Å². The van der Waals surface area contributed by atoms with E-state index in [2.05, 4.69) is 10.6 Å². The quantitative estimate of drug-likeness (QED) is 0.515. The number of carbonyl (C=O) groups excluding carboxylic acids is 2. The number of halogens is 2. The number of anilines is 2. The standard InChI is InChI=1S/C22H17Cl2N3O2S/c1-27(19-8-3-2-4-9-19)21(29)14-6-5-7-18(12-14)25-22(30)26-20(28)15-10-16(23)13-17(24)11-15/h2-13H,1H3,(H2,25,26,28,30). The number of nitrogens with one attached hydrogen (secondary N) is 2. The SMILES string of the molecule is CN(C(=O)c1cccc(NC(=S)NC(=O)c2cc(Cl)cc(Cl)c2)c1)c1ccccc1. The van der Waals surface area contributed by atoms with Gasteiger partial charge < -0.3 is 10.2 Å². The van der Waals surface area contributed by atoms with Gasteiger partial charge in [-0.2, -0.15) is 0 Å². The maximum atomic E-state index is 12.8. The molecule has 3 aromatic carbocycles. The van der Waals surface area contributed by atoms with Crippen LogP contribution >= 0.6 is 35.4 Å². The second-order valence-corrected chi connectivity index (χ2v) is 7.63. The summed E-state index contributed by atoms with van der Waals surface area (Å²) in [5.74, 6) is -0.624. The number of rotatable bonds is 4. The molecule has 5 nitrogen and oxygen atoms in total. The average molecular weight is 458 g/mol. The van der Waals surface area contributed by atoms with Crippen LogP contribution in [0.3, 0.4) is 0 Å². The normalized spacial score (nSPS) is 10.2. The van der Waals surface area contributed by atoms with Crippen LogP contribution in [0.1, 0.15) is 20.7 Å². The lowest BCUT2D eigenvalue weighted by molar-refractivity contribution is 0.0974. The van der Waals surface area contributed by atoms with Crippen LogP contribution in [0.4, 0.5) is 11.4 Å². The van der Waals surface area contributed by atoms with E-state index in [1.54, 1.807) is 36.2 Å². The van der Waals surface area contributed by atoms with E-state index in [-0.39, 0.29) is 16.6 Å². The molecule has 0 aliphatic rings. The van der Waals surface area contributed by atoms with Crippen LogP contribution in [0.25, 0.3) is 0 Å². The third-order valence-corrected chi connectivity index (χ3v) is 4.81. The van der Waals surface area contributed by atoms with Crippen LogP contribution in [-0.4, -0.2) is 24.0 Å². The first kappa shape index (κ1) is 21.8. The summed E-state index contributed by atoms with van der Waals surface area (Å²) >= 11 is 17.1. The summed E-state index contributed by atoms with van der Waals surface area (Å²) in [4.78, 5) is 26.7. The van der Waals surface area contributed by atoms with E-state index in [0.29, 0.717) is 21.3 Å². The lowest BCUT2D eigenvalue weighted by Crippen LogP contribution is -2.34. The summed E-state index contributed by atoms with van der Waals surface area (Å²) < 4.78 is 0. The molecule has 0 spiro atoms. The van der Waals surface area contributed by atoms with Gasteiger partial charge in [0, 0.05) is 39.6 Å². The number of para-hydroxylation sites is 1. The molecule has 0 unspecified atom stereocenters. The van der Waals surface area contributed by atoms with E-state index >= 15 is 0 Å². The Morgan fingerprint density at radius 3 is 2.20 bits per heavy atom. The maximum Gasteiger partial charge on any atom is 0.258 e. The van der Waals surface area contributed by atoms with Gasteiger partial charge in [-0.25, -0.2) is 0 Å². The fourth-order valence-electron chi connectivity index (χ4n) is 2.72. The molecule has 8 heteroatoms. The number of nitrogens with zero attached hydrogens (tertiary/aromatic N) is 1. The Morgan fingerprint density at radius 2 is 1.53 bits per heavy atom. The average Bonchev–Trinajstić information content (AvgIpc) is 2.72. The predicted octanol–water partition coefficient (Wildman–Crippen LogP) is 5.40. The molecular formula is C22H17Cl2N3O2S. The van der Waals surface area contributed by atoms with Gasteiger partial charge in [-0.3, -0.25) is 14.9 Å². The van der Waals surface area contributed by atoms with Crippen molar-refractivity contribution in [3.8, 4) is 0 Å². The van der Waals surface area contributed by atoms with Crippen LogP contribution in [0.5, 0.6) is 0 Å². The van der Waals surface area contributed by atoms with Crippen molar-refractivity contribution in [1.82, 2.24) is 5.32 Å². The summed E-state index contributed by atoms with van der Waals surface area (Å²) in [5.41, 5.74) is 2.10. The molecule has 0 atom stereocenters. The molecule has 3 rings (SSSR count). The number of thiocarbonyl (C=S) groups is 1. The zero-order chi connectivity index (χ0) is 21.7. The Balaban J connectivity index is 1.68. The van der Waals surface area contributed by atoms with Crippen LogP contribution in [0.15, 0.2) is 72.8 Å². The third-order valence-electron chi connectivity index (χ3n) is 4.17. The minimum Gasteiger partial charge on any atom is -0.332 e. The second kappa shape index (κ2) is 9.71. The summed E-state index contributed by atoms with van der Waals surface area (Å²) in [7, 11) is 1.71. The number of hydrogen-bond donors (Lipinski definition) is 2. The van der Waals surface area contributed by atoms with Crippen molar-refractivity contribution >= 4 is 63.7 Å². The van der Waals surface area contributed by atoms with Gasteiger partial charge in [0.15, 0.2) is 5.11 Å². The molecule has 3 aromatic rings. The van der Waals surface area contributed by atoms with E-state index in [9.17, 15) is 9.59 Å². The Bertz CT molecular complexity index is 1090. The fraction of sp³-hybridized carbons (Fsp3) is 0.0455. The highest BCUT2D eigenvalue weighted by molar-refractivity contribution is 7.80. The highest BCUT2D eigenvalue weighted by Crippen LogP contribution is 2.20. The van der Waals surface area contributed by atoms with E-state index in [1.165, 1.54) is 18.2 Å². The number of amides is 2. The lowest BCUT2D eigenvalue weighted by atomic mass is 10.1. The molecule has 30 heavy (non-hydrogen) atoms. The molecule has 0 heterocycles. The second-order valence-electron chi connectivity index (χ2n) is 6.35. The first-order chi connectivity index (χ1) is 14.3. The molecule has 0 aliphatic heterocycles. The Hall–Kier alpha value is -2.93. The van der Waals surface area contributed by atoms with Crippen molar-refractivity contribution in [3.63, 3.8) is 0 Å². The van der Waals surface area contributed by atoms with Crippen LogP contribution in [0.2, 0.25) is 10.0 Å². The van der Waals surface area contributed by atoms with Crippen molar-refractivity contribution in [3.05, 3.63) is 94.0 Å². The van der Waals surface area contributed by atoms with Crippen LogP contribution < -0.4 is 15.5 Å². The van der Waals surface area contributed by atoms with E-state index in [4.69, 9.17) is 35.4 Å². The molecule has 0 saturated carbocycles. The molecule has 0 saturated heterocycles. The largest absolute Gasteiger partial charge is 0.332 e. The van der Waals surface area contributed by atoms with E-state index in [1.807, 2.05) is 30.3 Å². The molecule has 0 aromatic heterocycles. The number of carbonyl (C=O) groups is 2. The maximum absolute atomic E-state index is 12.8. The van der Waals surface area contributed by atoms with Gasteiger partial charge in [-0.05, 0) is 60.7 Å². The van der Waals surface area contributed by atoms with Crippen LogP contribution in [0, 0.1) is 0 Å². The van der Waals surface area contributed by atoms with Gasteiger partial charge in [-0.15, -0.1) is 0 Å². The highest BCUT2D eigenvalue weighted by Gasteiger charge is 2.14. The lowest BCUT2D eigenvalue weighted by Gasteiger charge is -2.18. The fourth-order valence-corrected chi connectivity index (χ4v) is 3.45. The van der Waals surface area contributed by atoms with Gasteiger partial charge in [0.25, 0.3) is 11.8 Å². The summed E-state index contributed by atoms with van der Waals surface area (Å²) in [5, 5.41) is 6.25. The molecule has 2 N–H and O–H groups in total. The summed E-state index contributed by atoms with van der Waals surface area (Å²) in [6.07, 6.45) is 0. The predicted molar refractivity (Wildman–Crippen MR) is 126 cm³/mol. The summed E-state index contributed by atoms with van der Waals surface area (Å²) in [6, 6.07) is 20.7. The Labute approximate surface area is 189 Å². The molecule has 0 aliphatic carbocycles. The van der Waals surface area contributed by atoms with Crippen LogP contribution in [-0.2, 0) is 0 Å². The van der Waals surface area contributed by atoms with Gasteiger partial charge in [0.05, 0.1) is 0 Å². The van der Waals surface area contributed by atoms with Crippen molar-refractivity contribution in [2.24, 2.45) is 0 Å². The monoisotopic (exact) mass is 457 g/mol. The molecule has 0 bridgehead atoms. The third kappa shape index (κ3) is 5.57. The van der Waals surface area contributed by atoms with Crippen molar-refractivity contribution in [2.75, 3.05) is 17.3 Å². The number of benzene rings is 3. The van der Waals surface area contributed by atoms with Gasteiger partial charge in [-0.1, -0.05) is 47.5 Å². The zero-order valence-corrected chi connectivity index (χ0v) is 18.2. The van der Waals surface area contributed by atoms with Crippen molar-refractivity contribution in [1.29, 1.82) is 0 Å². The van der Waals surface area contributed by atoms with E-state index < -0.39 is 5.91 Å². The molecular weight excluding hydrogens is 441 g/mol. The Kier molecular flexibility index (Phi) is 7.05. The summed E-state index contributed by atoms with van der Waals surface area (Å²) in [6.45, 7) is 0. The smallest absolute Gasteiger partial charge is 0.258 e. The molecule has 2 amide bonds. The molecule has 0 fully saturated rings. The van der Waals surface area contributed by atoms with Gasteiger partial charge >= 0.3 is 0 Å². The first-order valence-corrected chi connectivity index (χ1v) is 10.0. The molecule has 0 radical (unpaired) electrons. The highest BCUT2D eigenvalue weighted by atomic mass is 35.5. The minimum absolute atomic E-state index is 0.0807. The molecule has 152 valence electrons. The first-order valence-electron chi connectivity index (χ1n) is 8.85. The van der Waals surface area contributed by atoms with Gasteiger partial charge in [0.2, 0.25) is 0 Å². The number of hydrogen-bond acceptors (Lipinski definition) is 3. The van der Waals surface area contributed by atoms with E-state index in [0.717, 1.165) is 5.69 Å². The topological polar surface area (TPSA) is 61.4 Å². The van der Waals surface area contributed by atoms with Gasteiger partial charge in [0.1, 0.15) is 0 Å². The van der Waals surface area contributed by atoms with Crippen molar-refractivity contribution in [2.45, 2.75) is 0 Å². The zero-order valence-electron chi connectivity index (χ0n) is 15.9. The minimum atomic E-state index is -0.451. The Morgan fingerprint density at radius 1 is 0.867 bits per heavy atom.